The van der Waals surface area contributed by atoms with E-state index in [4.69, 9.17) is 9.40 Å². The molecule has 4 rings (SSSR count). The van der Waals surface area contributed by atoms with E-state index in [-0.39, 0.29) is 12.3 Å². The second-order valence-corrected chi connectivity index (χ2v) is 7.56. The van der Waals surface area contributed by atoms with Gasteiger partial charge in [-0.1, -0.05) is 72.4 Å². The maximum atomic E-state index is 12.2. The first kappa shape index (κ1) is 20.5. The zero-order valence-electron chi connectivity index (χ0n) is 16.5. The number of imide groups is 1. The van der Waals surface area contributed by atoms with Crippen LogP contribution < -0.4 is 10.6 Å². The van der Waals surface area contributed by atoms with Crippen molar-refractivity contribution in [3.8, 4) is 22.5 Å². The Hall–Kier alpha value is -3.78. The molecule has 0 saturated carbocycles. The van der Waals surface area contributed by atoms with Crippen LogP contribution in [0.15, 0.2) is 88.6 Å². The van der Waals surface area contributed by atoms with Crippen LogP contribution in [0.25, 0.3) is 22.5 Å². The van der Waals surface area contributed by atoms with Gasteiger partial charge in [0, 0.05) is 11.1 Å². The molecule has 0 atom stereocenters. The minimum Gasteiger partial charge on any atom is -0.467 e. The molecule has 2 aromatic heterocycles. The van der Waals surface area contributed by atoms with Gasteiger partial charge in [0.2, 0.25) is 5.91 Å². The van der Waals surface area contributed by atoms with Crippen LogP contribution >= 0.6 is 11.8 Å². The zero-order chi connectivity index (χ0) is 21.5. The number of carbonyl (C=O) groups is 2. The Balaban J connectivity index is 1.41. The zero-order valence-corrected chi connectivity index (χ0v) is 17.3. The monoisotopic (exact) mass is 432 g/mol. The highest BCUT2D eigenvalue weighted by molar-refractivity contribution is 7.99. The number of hydrogen-bond donors (Lipinski definition) is 3. The molecule has 0 aliphatic carbocycles. The van der Waals surface area contributed by atoms with Crippen LogP contribution in [-0.4, -0.2) is 27.7 Å². The molecule has 2 heterocycles. The summed E-state index contributed by atoms with van der Waals surface area (Å²) in [7, 11) is 0. The van der Waals surface area contributed by atoms with Gasteiger partial charge in [0.25, 0.3) is 0 Å². The Labute approximate surface area is 183 Å². The smallest absolute Gasteiger partial charge is 0.321 e. The fourth-order valence-electron chi connectivity index (χ4n) is 2.96. The largest absolute Gasteiger partial charge is 0.467 e. The molecular weight excluding hydrogens is 412 g/mol. The standard InChI is InChI=1S/C23H20N4O3S/c28-19(25-22(29)24-14-18-12-7-13-30-18)15-31-23-26-20(16-8-3-1-4-9-16)21(27-23)17-10-5-2-6-11-17/h1-13H,14-15H2,(H,26,27)(H2,24,25,28,29). The van der Waals surface area contributed by atoms with E-state index < -0.39 is 11.9 Å². The van der Waals surface area contributed by atoms with Crippen molar-refractivity contribution < 1.29 is 14.0 Å². The number of hydrogen-bond acceptors (Lipinski definition) is 5. The molecular formula is C23H20N4O3S. The van der Waals surface area contributed by atoms with Crippen molar-refractivity contribution in [2.75, 3.05) is 5.75 Å². The van der Waals surface area contributed by atoms with E-state index in [9.17, 15) is 9.59 Å². The van der Waals surface area contributed by atoms with Crippen LogP contribution in [0.1, 0.15) is 5.76 Å². The third kappa shape index (κ3) is 5.43. The van der Waals surface area contributed by atoms with Gasteiger partial charge < -0.3 is 14.7 Å². The first-order valence-corrected chi connectivity index (χ1v) is 10.6. The van der Waals surface area contributed by atoms with E-state index >= 15 is 0 Å². The van der Waals surface area contributed by atoms with E-state index in [2.05, 4.69) is 15.6 Å². The number of urea groups is 1. The summed E-state index contributed by atoms with van der Waals surface area (Å²) in [5.41, 5.74) is 3.67. The molecule has 2 aromatic carbocycles. The van der Waals surface area contributed by atoms with E-state index in [1.165, 1.54) is 18.0 Å². The van der Waals surface area contributed by atoms with Crippen LogP contribution in [0, 0.1) is 0 Å². The fourth-order valence-corrected chi connectivity index (χ4v) is 3.63. The van der Waals surface area contributed by atoms with Gasteiger partial charge in [-0.15, -0.1) is 0 Å². The van der Waals surface area contributed by atoms with Crippen LogP contribution in [0.5, 0.6) is 0 Å². The molecule has 0 radical (unpaired) electrons. The average Bonchev–Trinajstić information content (AvgIpc) is 3.48. The molecule has 0 saturated heterocycles. The van der Waals surface area contributed by atoms with Crippen LogP contribution in [0.2, 0.25) is 0 Å². The van der Waals surface area contributed by atoms with E-state index in [1.807, 2.05) is 60.7 Å². The Morgan fingerprint density at radius 1 is 0.935 bits per heavy atom. The maximum Gasteiger partial charge on any atom is 0.321 e. The minimum absolute atomic E-state index is 0.0458. The number of rotatable bonds is 7. The SMILES string of the molecule is O=C(CSc1nc(-c2ccccc2)c(-c2ccccc2)[nH]1)NC(=O)NCc1ccco1. The van der Waals surface area contributed by atoms with Crippen molar-refractivity contribution >= 4 is 23.7 Å². The highest BCUT2D eigenvalue weighted by atomic mass is 32.2. The number of nitrogens with one attached hydrogen (secondary N) is 3. The second kappa shape index (κ2) is 9.82. The average molecular weight is 433 g/mol. The van der Waals surface area contributed by atoms with Gasteiger partial charge in [0.1, 0.15) is 5.76 Å². The third-order valence-electron chi connectivity index (χ3n) is 4.39. The number of furan rings is 1. The number of aromatic nitrogens is 2. The summed E-state index contributed by atoms with van der Waals surface area (Å²) in [6.45, 7) is 0.207. The van der Waals surface area contributed by atoms with Crippen LogP contribution in [0.4, 0.5) is 4.79 Å². The highest BCUT2D eigenvalue weighted by Gasteiger charge is 2.16. The summed E-state index contributed by atoms with van der Waals surface area (Å²) in [4.78, 5) is 32.0. The summed E-state index contributed by atoms with van der Waals surface area (Å²) in [6, 6.07) is 22.6. The molecule has 0 fully saturated rings. The normalized spacial score (nSPS) is 10.6. The lowest BCUT2D eigenvalue weighted by atomic mass is 10.1. The quantitative estimate of drug-likeness (QED) is 0.375. The van der Waals surface area contributed by atoms with Crippen molar-refractivity contribution in [3.63, 3.8) is 0 Å². The molecule has 0 aliphatic heterocycles. The van der Waals surface area contributed by atoms with E-state index in [1.54, 1.807) is 12.1 Å². The Kier molecular flexibility index (Phi) is 6.49. The first-order chi connectivity index (χ1) is 15.2. The number of amides is 3. The number of nitrogens with zero attached hydrogens (tertiary/aromatic N) is 1. The van der Waals surface area contributed by atoms with Crippen LogP contribution in [0.3, 0.4) is 0 Å². The maximum absolute atomic E-state index is 12.2. The van der Waals surface area contributed by atoms with Crippen LogP contribution in [-0.2, 0) is 11.3 Å². The Morgan fingerprint density at radius 3 is 2.32 bits per heavy atom. The third-order valence-corrected chi connectivity index (χ3v) is 5.26. The Morgan fingerprint density at radius 2 is 1.65 bits per heavy atom. The van der Waals surface area contributed by atoms with Gasteiger partial charge in [0.05, 0.1) is 29.9 Å². The molecule has 0 unspecified atom stereocenters. The molecule has 0 bridgehead atoms. The predicted octanol–water partition coefficient (Wildman–Crippen LogP) is 4.45. The van der Waals surface area contributed by atoms with Gasteiger partial charge in [-0.3, -0.25) is 10.1 Å². The van der Waals surface area contributed by atoms with Gasteiger partial charge in [-0.2, -0.15) is 0 Å². The van der Waals surface area contributed by atoms with Crippen molar-refractivity contribution in [2.24, 2.45) is 0 Å². The van der Waals surface area contributed by atoms with Crippen molar-refractivity contribution in [1.29, 1.82) is 0 Å². The number of carbonyl (C=O) groups excluding carboxylic acids is 2. The molecule has 8 heteroatoms. The fraction of sp³-hybridized carbons (Fsp3) is 0.0870. The summed E-state index contributed by atoms with van der Waals surface area (Å²) >= 11 is 1.23. The number of aromatic amines is 1. The lowest BCUT2D eigenvalue weighted by Crippen LogP contribution is -2.39. The number of H-pyrrole nitrogens is 1. The molecule has 156 valence electrons. The van der Waals surface area contributed by atoms with Crippen molar-refractivity contribution in [3.05, 3.63) is 84.8 Å². The number of benzene rings is 2. The van der Waals surface area contributed by atoms with Gasteiger partial charge in [-0.25, -0.2) is 9.78 Å². The van der Waals surface area contributed by atoms with Gasteiger partial charge >= 0.3 is 6.03 Å². The van der Waals surface area contributed by atoms with Gasteiger partial charge in [-0.05, 0) is 12.1 Å². The second-order valence-electron chi connectivity index (χ2n) is 6.60. The molecule has 0 aliphatic rings. The molecule has 0 spiro atoms. The summed E-state index contributed by atoms with van der Waals surface area (Å²) in [6.07, 6.45) is 1.52. The summed E-state index contributed by atoms with van der Waals surface area (Å²) in [5.74, 6) is 0.236. The summed E-state index contributed by atoms with van der Waals surface area (Å²) in [5, 5.41) is 5.48. The number of thioether (sulfide) groups is 1. The first-order valence-electron chi connectivity index (χ1n) is 9.63. The van der Waals surface area contributed by atoms with Crippen molar-refractivity contribution in [2.45, 2.75) is 11.7 Å². The molecule has 7 nitrogen and oxygen atoms in total. The molecule has 3 amide bonds. The van der Waals surface area contributed by atoms with E-state index in [0.717, 1.165) is 22.5 Å². The topological polar surface area (TPSA) is 100 Å². The lowest BCUT2D eigenvalue weighted by molar-refractivity contribution is -0.117. The number of imidazole rings is 1. The molecule has 4 aromatic rings. The predicted molar refractivity (Wildman–Crippen MR) is 119 cm³/mol. The summed E-state index contributed by atoms with van der Waals surface area (Å²) < 4.78 is 5.14. The van der Waals surface area contributed by atoms with Gasteiger partial charge in [0.15, 0.2) is 5.16 Å². The lowest BCUT2D eigenvalue weighted by Gasteiger charge is -2.04. The molecule has 3 N–H and O–H groups in total. The van der Waals surface area contributed by atoms with E-state index in [0.29, 0.717) is 10.9 Å². The minimum atomic E-state index is -0.573. The Bertz CT molecular complexity index is 1090. The molecule has 31 heavy (non-hydrogen) atoms. The highest BCUT2D eigenvalue weighted by Crippen LogP contribution is 2.32. The van der Waals surface area contributed by atoms with Crippen molar-refractivity contribution in [1.82, 2.24) is 20.6 Å².